The minimum absolute atomic E-state index is 0.716. The molecule has 2 atom stereocenters. The van der Waals surface area contributed by atoms with Gasteiger partial charge >= 0.3 is 0 Å². The van der Waals surface area contributed by atoms with Gasteiger partial charge in [-0.1, -0.05) is 20.3 Å². The lowest BCUT2D eigenvalue weighted by molar-refractivity contribution is 0.442. The zero-order valence-corrected chi connectivity index (χ0v) is 10.3. The van der Waals surface area contributed by atoms with Crippen LogP contribution in [0.5, 0.6) is 0 Å². The average molecular weight is 218 g/mol. The van der Waals surface area contributed by atoms with Crippen molar-refractivity contribution >= 4 is 11.4 Å². The second kappa shape index (κ2) is 4.77. The number of nitrogens with two attached hydrogens (primary N) is 1. The smallest absolute Gasteiger partial charge is 0.0370 e. The SMILES string of the molecule is CCC(C)C1CCCN1c1ccc(N)cc1. The van der Waals surface area contributed by atoms with Crippen molar-refractivity contribution in [1.29, 1.82) is 0 Å². The first kappa shape index (κ1) is 11.3. The number of hydrogen-bond donors (Lipinski definition) is 1. The van der Waals surface area contributed by atoms with Gasteiger partial charge in [0.05, 0.1) is 0 Å². The summed E-state index contributed by atoms with van der Waals surface area (Å²) in [4.78, 5) is 2.55. The van der Waals surface area contributed by atoms with Crippen molar-refractivity contribution < 1.29 is 0 Å². The van der Waals surface area contributed by atoms with Gasteiger partial charge in [0, 0.05) is 24.0 Å². The largest absolute Gasteiger partial charge is 0.399 e. The summed E-state index contributed by atoms with van der Waals surface area (Å²) in [6, 6.07) is 9.02. The Balaban J connectivity index is 2.16. The summed E-state index contributed by atoms with van der Waals surface area (Å²) in [5.74, 6) is 0.778. The summed E-state index contributed by atoms with van der Waals surface area (Å²) in [6.45, 7) is 5.84. The molecule has 0 aromatic heterocycles. The van der Waals surface area contributed by atoms with Crippen molar-refractivity contribution in [3.8, 4) is 0 Å². The first-order valence-corrected chi connectivity index (χ1v) is 6.34. The molecule has 88 valence electrons. The predicted octanol–water partition coefficient (Wildman–Crippen LogP) is 3.28. The van der Waals surface area contributed by atoms with E-state index in [1.807, 2.05) is 12.1 Å². The maximum absolute atomic E-state index is 5.73. The van der Waals surface area contributed by atoms with Crippen LogP contribution in [0.3, 0.4) is 0 Å². The maximum atomic E-state index is 5.73. The van der Waals surface area contributed by atoms with Gasteiger partial charge in [-0.15, -0.1) is 0 Å². The van der Waals surface area contributed by atoms with Gasteiger partial charge < -0.3 is 10.6 Å². The lowest BCUT2D eigenvalue weighted by Gasteiger charge is -2.31. The predicted molar refractivity (Wildman–Crippen MR) is 70.7 cm³/mol. The molecule has 2 heteroatoms. The molecule has 1 saturated heterocycles. The minimum Gasteiger partial charge on any atom is -0.399 e. The van der Waals surface area contributed by atoms with Gasteiger partial charge in [0.15, 0.2) is 0 Å². The van der Waals surface area contributed by atoms with E-state index in [9.17, 15) is 0 Å². The molecule has 16 heavy (non-hydrogen) atoms. The van der Waals surface area contributed by atoms with Gasteiger partial charge in [0.2, 0.25) is 0 Å². The summed E-state index contributed by atoms with van der Waals surface area (Å²) >= 11 is 0. The van der Waals surface area contributed by atoms with E-state index in [2.05, 4.69) is 30.9 Å². The molecule has 0 radical (unpaired) electrons. The number of nitrogen functional groups attached to an aromatic ring is 1. The van der Waals surface area contributed by atoms with Crippen LogP contribution in [0.25, 0.3) is 0 Å². The van der Waals surface area contributed by atoms with E-state index in [1.54, 1.807) is 0 Å². The van der Waals surface area contributed by atoms with Crippen LogP contribution in [-0.4, -0.2) is 12.6 Å². The van der Waals surface area contributed by atoms with Crippen molar-refractivity contribution in [3.05, 3.63) is 24.3 Å². The first-order valence-electron chi connectivity index (χ1n) is 6.34. The van der Waals surface area contributed by atoms with E-state index in [0.717, 1.165) is 11.6 Å². The van der Waals surface area contributed by atoms with Crippen molar-refractivity contribution in [2.24, 2.45) is 5.92 Å². The highest BCUT2D eigenvalue weighted by molar-refractivity contribution is 5.54. The summed E-state index contributed by atoms with van der Waals surface area (Å²) in [7, 11) is 0. The molecule has 0 spiro atoms. The zero-order valence-electron chi connectivity index (χ0n) is 10.3. The molecule has 0 bridgehead atoms. The van der Waals surface area contributed by atoms with E-state index in [4.69, 9.17) is 5.73 Å². The molecule has 0 amide bonds. The molecule has 2 N–H and O–H groups in total. The van der Waals surface area contributed by atoms with Gasteiger partial charge in [0.1, 0.15) is 0 Å². The van der Waals surface area contributed by atoms with Crippen molar-refractivity contribution in [1.82, 2.24) is 0 Å². The quantitative estimate of drug-likeness (QED) is 0.789. The third-order valence-electron chi connectivity index (χ3n) is 3.82. The topological polar surface area (TPSA) is 29.3 Å². The van der Waals surface area contributed by atoms with Crippen molar-refractivity contribution in [3.63, 3.8) is 0 Å². The third-order valence-corrected chi connectivity index (χ3v) is 3.82. The second-order valence-corrected chi connectivity index (χ2v) is 4.88. The van der Waals surface area contributed by atoms with Crippen LogP contribution in [0.15, 0.2) is 24.3 Å². The maximum Gasteiger partial charge on any atom is 0.0370 e. The van der Waals surface area contributed by atoms with E-state index in [-0.39, 0.29) is 0 Å². The molecule has 1 aliphatic rings. The second-order valence-electron chi connectivity index (χ2n) is 4.88. The first-order chi connectivity index (χ1) is 7.72. The lowest BCUT2D eigenvalue weighted by atomic mass is 9.97. The van der Waals surface area contributed by atoms with Gasteiger partial charge in [-0.3, -0.25) is 0 Å². The molecule has 1 aliphatic heterocycles. The Morgan fingerprint density at radius 3 is 2.69 bits per heavy atom. The molecular weight excluding hydrogens is 196 g/mol. The Labute approximate surface area is 98.4 Å². The molecule has 1 heterocycles. The molecule has 2 rings (SSSR count). The monoisotopic (exact) mass is 218 g/mol. The molecule has 2 unspecified atom stereocenters. The van der Waals surface area contributed by atoms with Gasteiger partial charge in [-0.2, -0.15) is 0 Å². The lowest BCUT2D eigenvalue weighted by Crippen LogP contribution is -2.34. The number of anilines is 2. The highest BCUT2D eigenvalue weighted by Gasteiger charge is 2.28. The van der Waals surface area contributed by atoms with Crippen LogP contribution in [0.1, 0.15) is 33.1 Å². The Hall–Kier alpha value is -1.18. The standard InChI is InChI=1S/C14H22N2/c1-3-11(2)14-5-4-10-16(14)13-8-6-12(15)7-9-13/h6-9,11,14H,3-5,10,15H2,1-2H3. The minimum atomic E-state index is 0.716. The fourth-order valence-electron chi connectivity index (χ4n) is 2.64. The third kappa shape index (κ3) is 2.16. The molecule has 1 aromatic carbocycles. The zero-order chi connectivity index (χ0) is 11.5. The van der Waals surface area contributed by atoms with Gasteiger partial charge in [-0.05, 0) is 43.0 Å². The number of rotatable bonds is 3. The fourth-order valence-corrected chi connectivity index (χ4v) is 2.64. The Morgan fingerprint density at radius 1 is 1.38 bits per heavy atom. The van der Waals surface area contributed by atoms with Crippen LogP contribution < -0.4 is 10.6 Å². The molecule has 1 fully saturated rings. The number of benzene rings is 1. The van der Waals surface area contributed by atoms with Crippen LogP contribution in [-0.2, 0) is 0 Å². The number of nitrogens with zero attached hydrogens (tertiary/aromatic N) is 1. The fraction of sp³-hybridized carbons (Fsp3) is 0.571. The molecule has 1 aromatic rings. The van der Waals surface area contributed by atoms with E-state index in [0.29, 0.717) is 6.04 Å². The Morgan fingerprint density at radius 2 is 2.06 bits per heavy atom. The van der Waals surface area contributed by atoms with Crippen LogP contribution >= 0.6 is 0 Å². The summed E-state index contributed by atoms with van der Waals surface area (Å²) < 4.78 is 0. The van der Waals surface area contributed by atoms with Crippen molar-refractivity contribution in [2.45, 2.75) is 39.2 Å². The average Bonchev–Trinajstić information content (AvgIpc) is 2.78. The summed E-state index contributed by atoms with van der Waals surface area (Å²) in [6.07, 6.45) is 3.91. The van der Waals surface area contributed by atoms with Gasteiger partial charge in [0.25, 0.3) is 0 Å². The van der Waals surface area contributed by atoms with Crippen LogP contribution in [0, 0.1) is 5.92 Å². The van der Waals surface area contributed by atoms with Crippen LogP contribution in [0.4, 0.5) is 11.4 Å². The highest BCUT2D eigenvalue weighted by atomic mass is 15.2. The normalized spacial score (nSPS) is 22.4. The highest BCUT2D eigenvalue weighted by Crippen LogP contribution is 2.31. The molecular formula is C14H22N2. The molecule has 0 aliphatic carbocycles. The Bertz CT molecular complexity index is 331. The summed E-state index contributed by atoms with van der Waals surface area (Å²) in [5, 5.41) is 0. The number of hydrogen-bond acceptors (Lipinski definition) is 2. The summed E-state index contributed by atoms with van der Waals surface area (Å²) in [5.41, 5.74) is 7.91. The van der Waals surface area contributed by atoms with Gasteiger partial charge in [-0.25, -0.2) is 0 Å². The molecule has 0 saturated carbocycles. The Kier molecular flexibility index (Phi) is 3.37. The van der Waals surface area contributed by atoms with E-state index < -0.39 is 0 Å². The van der Waals surface area contributed by atoms with E-state index >= 15 is 0 Å². The van der Waals surface area contributed by atoms with E-state index in [1.165, 1.54) is 31.5 Å². The van der Waals surface area contributed by atoms with Crippen LogP contribution in [0.2, 0.25) is 0 Å². The molecule has 2 nitrogen and oxygen atoms in total. The van der Waals surface area contributed by atoms with Crippen molar-refractivity contribution in [2.75, 3.05) is 17.2 Å².